The highest BCUT2D eigenvalue weighted by Gasteiger charge is 2.09. The van der Waals surface area contributed by atoms with Gasteiger partial charge in [0.1, 0.15) is 0 Å². The molecule has 0 unspecified atom stereocenters. The van der Waals surface area contributed by atoms with Crippen molar-refractivity contribution in [3.63, 3.8) is 0 Å². The molecule has 0 fully saturated rings. The van der Waals surface area contributed by atoms with Gasteiger partial charge in [0.15, 0.2) is 17.3 Å². The number of aromatic nitrogens is 3. The van der Waals surface area contributed by atoms with E-state index >= 15 is 0 Å². The maximum Gasteiger partial charge on any atom is 0.272 e. The molecule has 4 nitrogen and oxygen atoms in total. The fraction of sp³-hybridized carbons (Fsp3) is 0.200. The van der Waals surface area contributed by atoms with E-state index in [9.17, 15) is 13.6 Å². The van der Waals surface area contributed by atoms with Gasteiger partial charge in [0.2, 0.25) is 0 Å². The van der Waals surface area contributed by atoms with Gasteiger partial charge >= 0.3 is 0 Å². The minimum atomic E-state index is -0.864. The number of halogens is 2. The molecule has 2 heterocycles. The summed E-state index contributed by atoms with van der Waals surface area (Å²) in [6, 6.07) is 7.24. The molecule has 1 N–H and O–H groups in total. The van der Waals surface area contributed by atoms with Gasteiger partial charge in [0.05, 0.1) is 0 Å². The highest BCUT2D eigenvalue weighted by atomic mass is 19.2. The molecule has 0 saturated carbocycles. The molecule has 1 aromatic carbocycles. The summed E-state index contributed by atoms with van der Waals surface area (Å²) in [5.74, 6) is -1.70. The van der Waals surface area contributed by atoms with Crippen molar-refractivity contribution in [2.24, 2.45) is 0 Å². The summed E-state index contributed by atoms with van der Waals surface area (Å²) in [6.45, 7) is 1.83. The molecule has 0 aliphatic carbocycles. The maximum absolute atomic E-state index is 13.6. The number of aryl methyl sites for hydroxylation is 3. The molecule has 0 saturated heterocycles. The molecule has 6 heteroatoms. The Balaban J connectivity index is 1.88. The van der Waals surface area contributed by atoms with Crippen molar-refractivity contribution in [3.05, 3.63) is 69.3 Å². The zero-order valence-corrected chi connectivity index (χ0v) is 11.4. The van der Waals surface area contributed by atoms with E-state index in [2.05, 4.69) is 10.1 Å². The van der Waals surface area contributed by atoms with Gasteiger partial charge in [0.25, 0.3) is 5.56 Å². The number of benzene rings is 1. The van der Waals surface area contributed by atoms with Gasteiger partial charge in [-0.3, -0.25) is 9.89 Å². The van der Waals surface area contributed by atoms with Crippen molar-refractivity contribution in [3.8, 4) is 0 Å². The molecule has 21 heavy (non-hydrogen) atoms. The summed E-state index contributed by atoms with van der Waals surface area (Å²) in [6.07, 6.45) is 0.659. The zero-order chi connectivity index (χ0) is 15.0. The lowest BCUT2D eigenvalue weighted by atomic mass is 10.1. The van der Waals surface area contributed by atoms with Crippen molar-refractivity contribution in [2.75, 3.05) is 0 Å². The van der Waals surface area contributed by atoms with Crippen LogP contribution < -0.4 is 5.56 Å². The molecule has 0 atom stereocenters. The van der Waals surface area contributed by atoms with Crippen molar-refractivity contribution >= 4 is 5.65 Å². The van der Waals surface area contributed by atoms with Crippen LogP contribution in [0.1, 0.15) is 17.0 Å². The number of rotatable bonds is 3. The van der Waals surface area contributed by atoms with Gasteiger partial charge in [-0.2, -0.15) is 0 Å². The number of hydrogen-bond acceptors (Lipinski definition) is 2. The molecule has 0 bridgehead atoms. The second kappa shape index (κ2) is 5.12. The van der Waals surface area contributed by atoms with Gasteiger partial charge in [-0.05, 0) is 31.4 Å². The molecule has 0 radical (unpaired) electrons. The predicted molar refractivity (Wildman–Crippen MR) is 74.3 cm³/mol. The molecule has 3 aromatic rings. The van der Waals surface area contributed by atoms with Gasteiger partial charge < -0.3 is 0 Å². The van der Waals surface area contributed by atoms with Crippen molar-refractivity contribution < 1.29 is 8.78 Å². The number of H-pyrrole nitrogens is 1. The largest absolute Gasteiger partial charge is 0.294 e. The smallest absolute Gasteiger partial charge is 0.272 e. The standard InChI is InChI=1S/C15H13F2N3O/c1-9-7-13-18-11(8-14(21)20(13)19-9)6-5-10-3-2-4-12(16)15(10)17/h2-4,7-8,19H,5-6H2,1H3. The predicted octanol–water partition coefficient (Wildman–Crippen LogP) is 2.39. The summed E-state index contributed by atoms with van der Waals surface area (Å²) in [7, 11) is 0. The monoisotopic (exact) mass is 289 g/mol. The molecule has 0 amide bonds. The number of hydrogen-bond donors (Lipinski definition) is 1. The third-order valence-corrected chi connectivity index (χ3v) is 3.31. The average molecular weight is 289 g/mol. The van der Waals surface area contributed by atoms with Crippen LogP contribution in [0.5, 0.6) is 0 Å². The summed E-state index contributed by atoms with van der Waals surface area (Å²) in [4.78, 5) is 16.2. The highest BCUT2D eigenvalue weighted by Crippen LogP contribution is 2.13. The maximum atomic E-state index is 13.6. The summed E-state index contributed by atoms with van der Waals surface area (Å²) < 4.78 is 28.1. The van der Waals surface area contributed by atoms with Crippen LogP contribution >= 0.6 is 0 Å². The van der Waals surface area contributed by atoms with Crippen molar-refractivity contribution in [1.29, 1.82) is 0 Å². The third-order valence-electron chi connectivity index (χ3n) is 3.31. The van der Waals surface area contributed by atoms with E-state index in [1.165, 1.54) is 22.7 Å². The normalized spacial score (nSPS) is 11.2. The Morgan fingerprint density at radius 2 is 2.05 bits per heavy atom. The van der Waals surface area contributed by atoms with Gasteiger partial charge in [-0.15, -0.1) is 0 Å². The number of nitrogens with zero attached hydrogens (tertiary/aromatic N) is 2. The van der Waals surface area contributed by atoms with Crippen LogP contribution in [0.3, 0.4) is 0 Å². The molecule has 2 aromatic heterocycles. The lowest BCUT2D eigenvalue weighted by Crippen LogP contribution is -2.16. The van der Waals surface area contributed by atoms with Crippen LogP contribution in [0.25, 0.3) is 5.65 Å². The first kappa shape index (κ1) is 13.5. The van der Waals surface area contributed by atoms with Crippen molar-refractivity contribution in [2.45, 2.75) is 19.8 Å². The third kappa shape index (κ3) is 2.56. The minimum absolute atomic E-state index is 0.220. The average Bonchev–Trinajstić information content (AvgIpc) is 2.81. The molecule has 0 aliphatic rings. The zero-order valence-electron chi connectivity index (χ0n) is 11.4. The fourth-order valence-electron chi connectivity index (χ4n) is 2.29. The quantitative estimate of drug-likeness (QED) is 0.805. The SMILES string of the molecule is Cc1cc2nc(CCc3cccc(F)c3F)cc(=O)n2[nH]1. The van der Waals surface area contributed by atoms with Crippen LogP contribution in [0, 0.1) is 18.6 Å². The molecule has 108 valence electrons. The molecular weight excluding hydrogens is 276 g/mol. The van der Waals surface area contributed by atoms with E-state index in [4.69, 9.17) is 0 Å². The van der Waals surface area contributed by atoms with E-state index < -0.39 is 11.6 Å². The first-order chi connectivity index (χ1) is 10.0. The topological polar surface area (TPSA) is 50.2 Å². The Hall–Kier alpha value is -2.50. The van der Waals surface area contributed by atoms with Crippen LogP contribution in [-0.4, -0.2) is 14.6 Å². The highest BCUT2D eigenvalue weighted by molar-refractivity contribution is 5.39. The van der Waals surface area contributed by atoms with E-state index in [0.717, 1.165) is 11.8 Å². The van der Waals surface area contributed by atoms with Crippen LogP contribution in [0.4, 0.5) is 8.78 Å². The lowest BCUT2D eigenvalue weighted by Gasteiger charge is -2.04. The second-order valence-corrected chi connectivity index (χ2v) is 4.93. The molecule has 0 aliphatic heterocycles. The number of nitrogens with one attached hydrogen (secondary N) is 1. The Morgan fingerprint density at radius 3 is 2.86 bits per heavy atom. The minimum Gasteiger partial charge on any atom is -0.294 e. The first-order valence-corrected chi connectivity index (χ1v) is 6.56. The summed E-state index contributed by atoms with van der Waals surface area (Å²) >= 11 is 0. The van der Waals surface area contributed by atoms with Crippen LogP contribution in [0.2, 0.25) is 0 Å². The summed E-state index contributed by atoms with van der Waals surface area (Å²) in [5, 5.41) is 2.88. The molecular formula is C15H13F2N3O. The van der Waals surface area contributed by atoms with Crippen molar-refractivity contribution in [1.82, 2.24) is 14.6 Å². The van der Waals surface area contributed by atoms with E-state index in [0.29, 0.717) is 17.8 Å². The molecule has 0 spiro atoms. The number of fused-ring (bicyclic) bond motifs is 1. The fourth-order valence-corrected chi connectivity index (χ4v) is 2.29. The van der Waals surface area contributed by atoms with E-state index in [1.807, 2.05) is 6.92 Å². The second-order valence-electron chi connectivity index (χ2n) is 4.93. The molecule has 3 rings (SSSR count). The Kier molecular flexibility index (Phi) is 3.29. The first-order valence-electron chi connectivity index (χ1n) is 6.56. The van der Waals surface area contributed by atoms with Crippen LogP contribution in [-0.2, 0) is 12.8 Å². The van der Waals surface area contributed by atoms with Gasteiger partial charge in [-0.1, -0.05) is 12.1 Å². The van der Waals surface area contributed by atoms with Crippen LogP contribution in [0.15, 0.2) is 35.1 Å². The summed E-state index contributed by atoms with van der Waals surface area (Å²) in [5.41, 5.74) is 1.97. The Labute approximate surface area is 119 Å². The Morgan fingerprint density at radius 1 is 1.24 bits per heavy atom. The van der Waals surface area contributed by atoms with E-state index in [-0.39, 0.29) is 17.5 Å². The lowest BCUT2D eigenvalue weighted by molar-refractivity contribution is 0.498. The van der Waals surface area contributed by atoms with Gasteiger partial charge in [-0.25, -0.2) is 18.3 Å². The number of aromatic amines is 1. The van der Waals surface area contributed by atoms with Gasteiger partial charge in [0, 0.05) is 23.5 Å². The van der Waals surface area contributed by atoms with E-state index in [1.54, 1.807) is 6.07 Å². The Bertz CT molecular complexity index is 867.